The van der Waals surface area contributed by atoms with Gasteiger partial charge in [0, 0.05) is 18.8 Å². The van der Waals surface area contributed by atoms with E-state index in [2.05, 4.69) is 18.3 Å². The second-order valence-corrected chi connectivity index (χ2v) is 8.53. The third kappa shape index (κ3) is 9.29. The number of rotatable bonds is 15. The zero-order valence-corrected chi connectivity index (χ0v) is 18.5. The van der Waals surface area contributed by atoms with Crippen molar-refractivity contribution in [1.82, 2.24) is 5.32 Å². The van der Waals surface area contributed by atoms with Gasteiger partial charge in [-0.15, -0.1) is 0 Å². The van der Waals surface area contributed by atoms with Gasteiger partial charge in [-0.05, 0) is 43.7 Å². The van der Waals surface area contributed by atoms with E-state index in [1.54, 1.807) is 6.26 Å². The second-order valence-electron chi connectivity index (χ2n) is 8.53. The molecular weight excluding hydrogens is 378 g/mol. The van der Waals surface area contributed by atoms with E-state index >= 15 is 0 Å². The lowest BCUT2D eigenvalue weighted by molar-refractivity contribution is -0.122. The van der Waals surface area contributed by atoms with E-state index in [1.807, 2.05) is 18.2 Å². The molecule has 0 unspecified atom stereocenters. The number of nitrogens with one attached hydrogen (secondary N) is 1. The molecule has 5 nitrogen and oxygen atoms in total. The molecule has 1 fully saturated rings. The fourth-order valence-electron chi connectivity index (χ4n) is 4.20. The van der Waals surface area contributed by atoms with E-state index in [1.165, 1.54) is 0 Å². The first-order valence-electron chi connectivity index (χ1n) is 11.8. The van der Waals surface area contributed by atoms with E-state index in [0.29, 0.717) is 25.2 Å². The summed E-state index contributed by atoms with van der Waals surface area (Å²) in [6.45, 7) is 2.60. The molecule has 3 atom stereocenters. The maximum Gasteiger partial charge on any atom is 0.220 e. The average molecular weight is 418 g/mol. The van der Waals surface area contributed by atoms with Crippen molar-refractivity contribution < 1.29 is 19.1 Å². The Morgan fingerprint density at radius 1 is 1.27 bits per heavy atom. The maximum atomic E-state index is 12.3. The number of allylic oxidation sites excluding steroid dienone is 1. The van der Waals surface area contributed by atoms with Gasteiger partial charge in [-0.3, -0.25) is 9.59 Å². The Kier molecular flexibility index (Phi) is 11.5. The van der Waals surface area contributed by atoms with Gasteiger partial charge < -0.3 is 14.8 Å². The quantitative estimate of drug-likeness (QED) is 0.299. The van der Waals surface area contributed by atoms with Crippen LogP contribution in [0.4, 0.5) is 0 Å². The molecule has 1 heterocycles. The monoisotopic (exact) mass is 417 g/mol. The molecule has 5 heteroatoms. The van der Waals surface area contributed by atoms with Crippen LogP contribution in [-0.4, -0.2) is 22.9 Å². The smallest absolute Gasteiger partial charge is 0.220 e. The first-order chi connectivity index (χ1) is 14.6. The predicted molar refractivity (Wildman–Crippen MR) is 119 cm³/mol. The molecule has 0 spiro atoms. The average Bonchev–Trinajstić information content (AvgIpc) is 3.38. The van der Waals surface area contributed by atoms with Crippen LogP contribution in [0.25, 0.3) is 0 Å². The SMILES string of the molecule is CCCCC[C@H](O)C=C[C@H]1CCC(=O)[C@@H]1CCCCCCC(=O)NCc1ccco1. The van der Waals surface area contributed by atoms with Crippen LogP contribution in [0.1, 0.15) is 89.7 Å². The molecule has 168 valence electrons. The van der Waals surface area contributed by atoms with Crippen LogP contribution >= 0.6 is 0 Å². The highest BCUT2D eigenvalue weighted by atomic mass is 16.3. The molecule has 0 radical (unpaired) electrons. The van der Waals surface area contributed by atoms with Crippen LogP contribution in [-0.2, 0) is 16.1 Å². The minimum atomic E-state index is -0.383. The van der Waals surface area contributed by atoms with Gasteiger partial charge in [0.1, 0.15) is 11.5 Å². The zero-order valence-electron chi connectivity index (χ0n) is 18.5. The van der Waals surface area contributed by atoms with Crippen molar-refractivity contribution in [3.05, 3.63) is 36.3 Å². The molecule has 30 heavy (non-hydrogen) atoms. The molecule has 0 saturated heterocycles. The Morgan fingerprint density at radius 3 is 2.87 bits per heavy atom. The summed E-state index contributed by atoms with van der Waals surface area (Å²) in [5.74, 6) is 1.59. The third-order valence-corrected chi connectivity index (χ3v) is 6.05. The third-order valence-electron chi connectivity index (χ3n) is 6.05. The highest BCUT2D eigenvalue weighted by molar-refractivity contribution is 5.83. The summed E-state index contributed by atoms with van der Waals surface area (Å²) in [5, 5.41) is 13.0. The number of aliphatic hydroxyl groups is 1. The molecule has 1 aliphatic rings. The Hall–Kier alpha value is -1.88. The van der Waals surface area contributed by atoms with Crippen molar-refractivity contribution in [1.29, 1.82) is 0 Å². The first-order valence-corrected chi connectivity index (χ1v) is 11.8. The number of hydrogen-bond acceptors (Lipinski definition) is 4. The molecule has 1 aliphatic carbocycles. The summed E-state index contributed by atoms with van der Waals surface area (Å²) in [6.07, 6.45) is 16.4. The molecule has 0 aromatic carbocycles. The van der Waals surface area contributed by atoms with Gasteiger partial charge in [0.25, 0.3) is 0 Å². The Labute approximate surface area is 181 Å². The van der Waals surface area contributed by atoms with Crippen molar-refractivity contribution in [3.63, 3.8) is 0 Å². The summed E-state index contributed by atoms with van der Waals surface area (Å²) >= 11 is 0. The Balaban J connectivity index is 1.57. The molecule has 1 aromatic rings. The summed E-state index contributed by atoms with van der Waals surface area (Å²) < 4.78 is 5.20. The topological polar surface area (TPSA) is 79.5 Å². The van der Waals surface area contributed by atoms with E-state index in [4.69, 9.17) is 4.42 Å². The number of carbonyl (C=O) groups excluding carboxylic acids is 2. The van der Waals surface area contributed by atoms with E-state index < -0.39 is 0 Å². The molecule has 2 N–H and O–H groups in total. The van der Waals surface area contributed by atoms with Crippen LogP contribution in [0.15, 0.2) is 35.0 Å². The van der Waals surface area contributed by atoms with Crippen molar-refractivity contribution in [2.75, 3.05) is 0 Å². The minimum absolute atomic E-state index is 0.0556. The van der Waals surface area contributed by atoms with Crippen molar-refractivity contribution >= 4 is 11.7 Å². The van der Waals surface area contributed by atoms with Crippen molar-refractivity contribution in [2.24, 2.45) is 11.8 Å². The molecule has 1 aromatic heterocycles. The van der Waals surface area contributed by atoms with Gasteiger partial charge in [-0.1, -0.05) is 57.6 Å². The van der Waals surface area contributed by atoms with E-state index in [0.717, 1.165) is 70.0 Å². The fraction of sp³-hybridized carbons (Fsp3) is 0.680. The van der Waals surface area contributed by atoms with E-state index in [9.17, 15) is 14.7 Å². The van der Waals surface area contributed by atoms with Gasteiger partial charge in [-0.2, -0.15) is 0 Å². The lowest BCUT2D eigenvalue weighted by Crippen LogP contribution is -2.22. The molecule has 0 bridgehead atoms. The first kappa shape index (κ1) is 24.4. The molecule has 1 amide bonds. The Bertz CT molecular complexity index is 638. The standard InChI is InChI=1S/C25H39NO4/c1-2-3-6-10-21(27)16-14-20-15-17-24(28)23(20)12-7-4-5-8-13-25(29)26-19-22-11-9-18-30-22/h9,11,14,16,18,20-21,23,27H,2-8,10,12-13,15,17,19H2,1H3,(H,26,29)/t20-,21-,23+/m0/s1. The summed E-state index contributed by atoms with van der Waals surface area (Å²) in [4.78, 5) is 24.1. The van der Waals surface area contributed by atoms with Crippen LogP contribution in [0.3, 0.4) is 0 Å². The number of unbranched alkanes of at least 4 members (excludes halogenated alkanes) is 5. The number of carbonyl (C=O) groups is 2. The zero-order chi connectivity index (χ0) is 21.6. The molecular formula is C25H39NO4. The van der Waals surface area contributed by atoms with Gasteiger partial charge >= 0.3 is 0 Å². The largest absolute Gasteiger partial charge is 0.467 e. The summed E-state index contributed by atoms with van der Waals surface area (Å²) in [5.41, 5.74) is 0. The molecule has 1 saturated carbocycles. The van der Waals surface area contributed by atoms with Crippen LogP contribution in [0.2, 0.25) is 0 Å². The summed E-state index contributed by atoms with van der Waals surface area (Å²) in [7, 11) is 0. The number of Topliss-reactive ketones (excluding diaryl/α,β-unsaturated/α-hetero) is 1. The Morgan fingerprint density at radius 2 is 2.10 bits per heavy atom. The number of furan rings is 1. The normalized spacial score (nSPS) is 20.1. The molecule has 2 rings (SSSR count). The van der Waals surface area contributed by atoms with Crippen molar-refractivity contribution in [3.8, 4) is 0 Å². The predicted octanol–water partition coefficient (Wildman–Crippen LogP) is 5.33. The van der Waals surface area contributed by atoms with Crippen LogP contribution in [0, 0.1) is 11.8 Å². The fourth-order valence-corrected chi connectivity index (χ4v) is 4.20. The second kappa shape index (κ2) is 14.2. The van der Waals surface area contributed by atoms with E-state index in [-0.39, 0.29) is 23.8 Å². The number of amides is 1. The number of ketones is 1. The van der Waals surface area contributed by atoms with Crippen molar-refractivity contribution in [2.45, 2.75) is 96.6 Å². The number of aliphatic hydroxyl groups excluding tert-OH is 1. The highest BCUT2D eigenvalue weighted by Crippen LogP contribution is 2.34. The van der Waals surface area contributed by atoms with Gasteiger partial charge in [0.05, 0.1) is 18.9 Å². The van der Waals surface area contributed by atoms with Gasteiger partial charge in [0.15, 0.2) is 0 Å². The summed E-state index contributed by atoms with van der Waals surface area (Å²) in [6, 6.07) is 3.66. The van der Waals surface area contributed by atoms with Gasteiger partial charge in [0.2, 0.25) is 5.91 Å². The lowest BCUT2D eigenvalue weighted by atomic mass is 9.89. The minimum Gasteiger partial charge on any atom is -0.467 e. The van der Waals surface area contributed by atoms with Crippen LogP contribution in [0.5, 0.6) is 0 Å². The molecule has 0 aliphatic heterocycles. The van der Waals surface area contributed by atoms with Crippen LogP contribution < -0.4 is 5.32 Å². The van der Waals surface area contributed by atoms with Gasteiger partial charge in [-0.25, -0.2) is 0 Å². The highest BCUT2D eigenvalue weighted by Gasteiger charge is 2.32. The lowest BCUT2D eigenvalue weighted by Gasteiger charge is -2.15. The number of hydrogen-bond donors (Lipinski definition) is 2. The maximum absolute atomic E-state index is 12.3.